The molecule has 0 unspecified atom stereocenters. The van der Waals surface area contributed by atoms with Crippen LogP contribution in [0, 0.1) is 6.92 Å². The summed E-state index contributed by atoms with van der Waals surface area (Å²) in [5.74, 6) is 0. The summed E-state index contributed by atoms with van der Waals surface area (Å²) in [7, 11) is 2.15. The molecule has 0 spiro atoms. The zero-order valence-electron chi connectivity index (χ0n) is 11.3. The highest BCUT2D eigenvalue weighted by Crippen LogP contribution is 2.38. The number of nitrogens with zero attached hydrogens (tertiary/aromatic N) is 1. The SMILES string of the molecule is C.C.CCN(C)c1ccc2c(c1)-c1cc(C)ccc1C2. The van der Waals surface area contributed by atoms with E-state index in [0.717, 1.165) is 13.0 Å². The number of aryl methyl sites for hydroxylation is 1. The second-order valence-corrected chi connectivity index (χ2v) is 5.19. The highest BCUT2D eigenvalue weighted by molar-refractivity contribution is 5.80. The summed E-state index contributed by atoms with van der Waals surface area (Å²) in [6, 6.07) is 13.7. The predicted molar refractivity (Wildman–Crippen MR) is 91.8 cm³/mol. The molecule has 0 heterocycles. The third-order valence-corrected chi connectivity index (χ3v) is 3.95. The van der Waals surface area contributed by atoms with Gasteiger partial charge in [-0.1, -0.05) is 44.7 Å². The standard InChI is InChI=1S/C17H19N.2CH4/c1-4-18(3)15-8-7-14-10-13-6-5-12(2)9-16(13)17(14)11-15;;/h5-9,11H,4,10H2,1-3H3;2*1H4. The van der Waals surface area contributed by atoms with Gasteiger partial charge in [0.15, 0.2) is 0 Å². The summed E-state index contributed by atoms with van der Waals surface area (Å²) in [5, 5.41) is 0. The van der Waals surface area contributed by atoms with Crippen LogP contribution in [0.15, 0.2) is 36.4 Å². The van der Waals surface area contributed by atoms with Crippen molar-refractivity contribution in [3.63, 3.8) is 0 Å². The van der Waals surface area contributed by atoms with Crippen molar-refractivity contribution in [3.05, 3.63) is 53.1 Å². The summed E-state index contributed by atoms with van der Waals surface area (Å²) in [4.78, 5) is 2.29. The van der Waals surface area contributed by atoms with E-state index in [4.69, 9.17) is 0 Å². The van der Waals surface area contributed by atoms with Gasteiger partial charge in [-0.3, -0.25) is 0 Å². The molecular weight excluding hydrogens is 242 g/mol. The molecule has 0 amide bonds. The molecular formula is C19H27N. The van der Waals surface area contributed by atoms with Crippen molar-refractivity contribution in [1.82, 2.24) is 0 Å². The van der Waals surface area contributed by atoms with E-state index >= 15 is 0 Å². The Hall–Kier alpha value is -1.76. The molecule has 0 aliphatic heterocycles. The third kappa shape index (κ3) is 2.58. The molecule has 0 fully saturated rings. The van der Waals surface area contributed by atoms with Gasteiger partial charge in [-0.05, 0) is 54.7 Å². The summed E-state index contributed by atoms with van der Waals surface area (Å²) in [5.41, 5.74) is 8.43. The Morgan fingerprint density at radius 1 is 0.950 bits per heavy atom. The number of benzene rings is 2. The fourth-order valence-electron chi connectivity index (χ4n) is 2.69. The van der Waals surface area contributed by atoms with E-state index in [1.54, 1.807) is 0 Å². The van der Waals surface area contributed by atoms with Crippen LogP contribution in [0.25, 0.3) is 11.1 Å². The van der Waals surface area contributed by atoms with Crippen molar-refractivity contribution in [2.24, 2.45) is 0 Å². The maximum atomic E-state index is 2.34. The molecule has 3 rings (SSSR count). The maximum absolute atomic E-state index is 2.34. The first kappa shape index (κ1) is 16.3. The summed E-state index contributed by atoms with van der Waals surface area (Å²) >= 11 is 0. The van der Waals surface area contributed by atoms with E-state index in [-0.39, 0.29) is 14.9 Å². The Kier molecular flexibility index (Phi) is 4.99. The molecule has 2 aromatic carbocycles. The Bertz CT molecular complexity index is 599. The van der Waals surface area contributed by atoms with Gasteiger partial charge in [0, 0.05) is 19.3 Å². The largest absolute Gasteiger partial charge is 0.375 e. The van der Waals surface area contributed by atoms with Gasteiger partial charge in [-0.15, -0.1) is 0 Å². The van der Waals surface area contributed by atoms with E-state index in [9.17, 15) is 0 Å². The normalized spacial score (nSPS) is 10.9. The third-order valence-electron chi connectivity index (χ3n) is 3.95. The minimum Gasteiger partial charge on any atom is -0.375 e. The van der Waals surface area contributed by atoms with Crippen LogP contribution in [0.4, 0.5) is 5.69 Å². The Balaban J connectivity index is 0.000001000. The smallest absolute Gasteiger partial charge is 0.0369 e. The molecule has 0 aromatic heterocycles. The van der Waals surface area contributed by atoms with Crippen molar-refractivity contribution in [2.45, 2.75) is 35.1 Å². The van der Waals surface area contributed by atoms with E-state index in [1.165, 1.54) is 33.5 Å². The highest BCUT2D eigenvalue weighted by Gasteiger charge is 2.18. The molecule has 1 heteroatoms. The first-order chi connectivity index (χ1) is 8.69. The molecule has 0 bridgehead atoms. The minimum atomic E-state index is 0. The minimum absolute atomic E-state index is 0. The van der Waals surface area contributed by atoms with E-state index < -0.39 is 0 Å². The van der Waals surface area contributed by atoms with Crippen LogP contribution in [0.1, 0.15) is 38.5 Å². The quantitative estimate of drug-likeness (QED) is 0.610. The summed E-state index contributed by atoms with van der Waals surface area (Å²) < 4.78 is 0. The Labute approximate surface area is 124 Å². The number of hydrogen-bond acceptors (Lipinski definition) is 1. The second-order valence-electron chi connectivity index (χ2n) is 5.19. The van der Waals surface area contributed by atoms with Crippen LogP contribution in [-0.4, -0.2) is 13.6 Å². The van der Waals surface area contributed by atoms with Crippen molar-refractivity contribution in [1.29, 1.82) is 0 Å². The molecule has 20 heavy (non-hydrogen) atoms. The number of rotatable bonds is 2. The number of fused-ring (bicyclic) bond motifs is 3. The topological polar surface area (TPSA) is 3.24 Å². The second kappa shape index (κ2) is 6.13. The van der Waals surface area contributed by atoms with Crippen LogP contribution in [0.2, 0.25) is 0 Å². The van der Waals surface area contributed by atoms with Crippen LogP contribution < -0.4 is 4.90 Å². The molecule has 0 saturated heterocycles. The lowest BCUT2D eigenvalue weighted by Crippen LogP contribution is -2.15. The summed E-state index contributed by atoms with van der Waals surface area (Å²) in [6.07, 6.45) is 1.08. The predicted octanol–water partition coefficient (Wildman–Crippen LogP) is 5.29. The number of anilines is 1. The molecule has 1 aliphatic carbocycles. The molecule has 108 valence electrons. The highest BCUT2D eigenvalue weighted by atomic mass is 15.1. The van der Waals surface area contributed by atoms with Gasteiger partial charge >= 0.3 is 0 Å². The molecule has 2 aromatic rings. The number of hydrogen-bond donors (Lipinski definition) is 0. The van der Waals surface area contributed by atoms with E-state index in [0.29, 0.717) is 0 Å². The lowest BCUT2D eigenvalue weighted by molar-refractivity contribution is 0.968. The van der Waals surface area contributed by atoms with Crippen molar-refractivity contribution in [3.8, 4) is 11.1 Å². The zero-order chi connectivity index (χ0) is 12.7. The molecule has 1 nitrogen and oxygen atoms in total. The van der Waals surface area contributed by atoms with Crippen molar-refractivity contribution < 1.29 is 0 Å². The lowest BCUT2D eigenvalue weighted by atomic mass is 10.0. The van der Waals surface area contributed by atoms with Crippen LogP contribution in [0.3, 0.4) is 0 Å². The van der Waals surface area contributed by atoms with Crippen LogP contribution in [-0.2, 0) is 6.42 Å². The van der Waals surface area contributed by atoms with Gasteiger partial charge < -0.3 is 4.90 Å². The first-order valence-electron chi connectivity index (χ1n) is 6.63. The fraction of sp³-hybridized carbons (Fsp3) is 0.368. The molecule has 0 N–H and O–H groups in total. The van der Waals surface area contributed by atoms with Crippen molar-refractivity contribution >= 4 is 5.69 Å². The Morgan fingerprint density at radius 2 is 1.55 bits per heavy atom. The van der Waals surface area contributed by atoms with Gasteiger partial charge in [-0.2, -0.15) is 0 Å². The van der Waals surface area contributed by atoms with Gasteiger partial charge in [0.1, 0.15) is 0 Å². The monoisotopic (exact) mass is 269 g/mol. The molecule has 1 aliphatic rings. The van der Waals surface area contributed by atoms with Crippen LogP contribution >= 0.6 is 0 Å². The maximum Gasteiger partial charge on any atom is 0.0369 e. The van der Waals surface area contributed by atoms with E-state index in [2.05, 4.69) is 62.2 Å². The van der Waals surface area contributed by atoms with Gasteiger partial charge in [0.2, 0.25) is 0 Å². The van der Waals surface area contributed by atoms with Gasteiger partial charge in [0.05, 0.1) is 0 Å². The van der Waals surface area contributed by atoms with Crippen molar-refractivity contribution in [2.75, 3.05) is 18.5 Å². The summed E-state index contributed by atoms with van der Waals surface area (Å²) in [6.45, 7) is 5.39. The van der Waals surface area contributed by atoms with Crippen LogP contribution in [0.5, 0.6) is 0 Å². The lowest BCUT2D eigenvalue weighted by Gasteiger charge is -2.18. The van der Waals surface area contributed by atoms with Gasteiger partial charge in [-0.25, -0.2) is 0 Å². The molecule has 0 radical (unpaired) electrons. The van der Waals surface area contributed by atoms with Gasteiger partial charge in [0.25, 0.3) is 0 Å². The average molecular weight is 269 g/mol. The zero-order valence-corrected chi connectivity index (χ0v) is 11.3. The van der Waals surface area contributed by atoms with E-state index in [1.807, 2.05) is 0 Å². The Morgan fingerprint density at radius 3 is 2.20 bits per heavy atom. The first-order valence-corrected chi connectivity index (χ1v) is 6.63. The average Bonchev–Trinajstić information content (AvgIpc) is 2.75. The molecule has 0 saturated carbocycles. The fourth-order valence-corrected chi connectivity index (χ4v) is 2.69. The molecule has 0 atom stereocenters.